The zero-order valence-corrected chi connectivity index (χ0v) is 21.7. The van der Waals surface area contributed by atoms with Crippen LogP contribution >= 0.6 is 11.3 Å². The van der Waals surface area contributed by atoms with Crippen molar-refractivity contribution in [2.75, 3.05) is 11.0 Å². The highest BCUT2D eigenvalue weighted by Gasteiger charge is 2.27. The molecule has 5 rings (SSSR count). The molecule has 13 heteroatoms. The number of nitriles is 1. The van der Waals surface area contributed by atoms with Gasteiger partial charge in [-0.05, 0) is 42.5 Å². The number of aryl methyl sites for hydroxylation is 1. The van der Waals surface area contributed by atoms with Gasteiger partial charge in [-0.25, -0.2) is 15.0 Å². The van der Waals surface area contributed by atoms with Gasteiger partial charge in [0.25, 0.3) is 0 Å². The molecule has 4 aromatic heterocycles. The lowest BCUT2D eigenvalue weighted by Crippen LogP contribution is -2.39. The SMILES string of the molecule is Cn1cc(-c2nc(-c3cccnc3F)ccc2Oc2ccc(S(C)(=O)(O)Nc3nccs3)cc2C#N)cn1. The summed E-state index contributed by atoms with van der Waals surface area (Å²) in [6.07, 6.45) is 7.31. The molecule has 0 radical (unpaired) electrons. The van der Waals surface area contributed by atoms with Crippen molar-refractivity contribution in [2.45, 2.75) is 4.90 Å². The van der Waals surface area contributed by atoms with E-state index in [1.807, 2.05) is 6.07 Å². The fourth-order valence-electron chi connectivity index (χ4n) is 3.65. The average molecular weight is 550 g/mol. The van der Waals surface area contributed by atoms with Crippen LogP contribution in [0.4, 0.5) is 9.52 Å². The molecule has 0 atom stereocenters. The minimum absolute atomic E-state index is 0.00546. The maximum absolute atomic E-state index is 14.4. The lowest BCUT2D eigenvalue weighted by atomic mass is 10.1. The van der Waals surface area contributed by atoms with Crippen molar-refractivity contribution in [2.24, 2.45) is 7.05 Å². The van der Waals surface area contributed by atoms with E-state index in [-0.39, 0.29) is 32.7 Å². The molecular formula is C25H20FN7O3S2. The van der Waals surface area contributed by atoms with E-state index in [0.717, 1.165) is 6.26 Å². The number of thiazole rings is 1. The predicted molar refractivity (Wildman–Crippen MR) is 142 cm³/mol. The Kier molecular flexibility index (Phi) is 6.23. The van der Waals surface area contributed by atoms with E-state index in [1.165, 1.54) is 41.9 Å². The lowest BCUT2D eigenvalue weighted by Gasteiger charge is -2.39. The number of halogens is 1. The maximum atomic E-state index is 14.4. The molecular weight excluding hydrogens is 529 g/mol. The topological polar surface area (TPSA) is 139 Å². The van der Waals surface area contributed by atoms with Crippen LogP contribution in [0.15, 0.2) is 77.5 Å². The van der Waals surface area contributed by atoms with E-state index in [9.17, 15) is 18.4 Å². The first kappa shape index (κ1) is 25.2. The van der Waals surface area contributed by atoms with E-state index >= 15 is 0 Å². The van der Waals surface area contributed by atoms with Gasteiger partial charge in [-0.15, -0.1) is 20.9 Å². The maximum Gasteiger partial charge on any atom is 0.222 e. The molecule has 0 spiro atoms. The Morgan fingerprint density at radius 1 is 1.18 bits per heavy atom. The van der Waals surface area contributed by atoms with Crippen molar-refractivity contribution in [1.82, 2.24) is 24.7 Å². The first-order valence-corrected chi connectivity index (χ1v) is 14.2. The Balaban J connectivity index is 1.55. The van der Waals surface area contributed by atoms with Crippen molar-refractivity contribution < 1.29 is 17.9 Å². The molecule has 2 N–H and O–H groups in total. The number of aromatic nitrogens is 5. The van der Waals surface area contributed by atoms with Gasteiger partial charge in [0.15, 0.2) is 5.75 Å². The summed E-state index contributed by atoms with van der Waals surface area (Å²) >= 11 is 1.17. The van der Waals surface area contributed by atoms with E-state index in [1.54, 1.807) is 53.8 Å². The van der Waals surface area contributed by atoms with E-state index < -0.39 is 15.5 Å². The highest BCUT2D eigenvalue weighted by Crippen LogP contribution is 2.38. The normalized spacial score (nSPS) is 12.3. The third-order valence-corrected chi connectivity index (χ3v) is 8.33. The fourth-order valence-corrected chi connectivity index (χ4v) is 6.17. The van der Waals surface area contributed by atoms with Gasteiger partial charge in [-0.2, -0.15) is 19.0 Å². The molecule has 0 aliphatic carbocycles. The molecule has 10 nitrogen and oxygen atoms in total. The first-order valence-electron chi connectivity index (χ1n) is 11.0. The number of hydrogen-bond acceptors (Lipinski definition) is 8. The second-order valence-electron chi connectivity index (χ2n) is 8.38. The number of hydrogen-bond donors (Lipinski definition) is 2. The summed E-state index contributed by atoms with van der Waals surface area (Å²) in [7, 11) is -2.84. The molecule has 0 saturated heterocycles. The summed E-state index contributed by atoms with van der Waals surface area (Å²) in [6.45, 7) is 0. The predicted octanol–water partition coefficient (Wildman–Crippen LogP) is 5.11. The molecule has 0 bridgehead atoms. The summed E-state index contributed by atoms with van der Waals surface area (Å²) in [5.74, 6) is -0.253. The summed E-state index contributed by atoms with van der Waals surface area (Å²) < 4.78 is 49.0. The fraction of sp³-hybridized carbons (Fsp3) is 0.0800. The largest absolute Gasteiger partial charge is 0.454 e. The first-order chi connectivity index (χ1) is 18.1. The zero-order chi connectivity index (χ0) is 26.9. The Bertz CT molecular complexity index is 1760. The minimum atomic E-state index is -4.58. The minimum Gasteiger partial charge on any atom is -0.454 e. The van der Waals surface area contributed by atoms with Crippen LogP contribution < -0.4 is 9.46 Å². The second-order valence-corrected chi connectivity index (χ2v) is 12.5. The quantitative estimate of drug-likeness (QED) is 0.267. The molecule has 0 unspecified atom stereocenters. The number of nitrogens with zero attached hydrogens (tertiary/aromatic N) is 6. The molecule has 192 valence electrons. The van der Waals surface area contributed by atoms with Crippen LogP contribution in [0, 0.1) is 17.3 Å². The number of benzene rings is 1. The third kappa shape index (κ3) is 5.00. The third-order valence-electron chi connectivity index (χ3n) is 5.48. The smallest absolute Gasteiger partial charge is 0.222 e. The van der Waals surface area contributed by atoms with Crippen molar-refractivity contribution >= 4 is 26.0 Å². The lowest BCUT2D eigenvalue weighted by molar-refractivity contribution is 0.480. The standard InChI is InChI=1S/C25H20FN7O3S2/c1-33-15-17(14-30-33)23-22(8-6-20(31-23)19-4-3-9-28-24(19)26)36-21-7-5-18(12-16(21)13-27)38(2,34,35)32-25-29-10-11-37-25/h3-12,14-15H,1-2H3,(H2,29,32,34,35). The van der Waals surface area contributed by atoms with Gasteiger partial charge in [0.2, 0.25) is 11.1 Å². The van der Waals surface area contributed by atoms with Gasteiger partial charge in [-0.3, -0.25) is 14.0 Å². The second kappa shape index (κ2) is 9.42. The Morgan fingerprint density at radius 3 is 2.68 bits per heavy atom. The Hall–Kier alpha value is -4.51. The zero-order valence-electron chi connectivity index (χ0n) is 20.1. The summed E-state index contributed by atoms with van der Waals surface area (Å²) in [5.41, 5.74) is 1.53. The van der Waals surface area contributed by atoms with Crippen molar-refractivity contribution in [1.29, 1.82) is 5.26 Å². The van der Waals surface area contributed by atoms with Crippen LogP contribution in [0.1, 0.15) is 5.56 Å². The average Bonchev–Trinajstić information content (AvgIpc) is 3.55. The van der Waals surface area contributed by atoms with Gasteiger partial charge >= 0.3 is 0 Å². The van der Waals surface area contributed by atoms with Crippen LogP contribution in [0.3, 0.4) is 0 Å². The number of nitrogens with one attached hydrogen (secondary N) is 1. The van der Waals surface area contributed by atoms with Crippen LogP contribution in [0.25, 0.3) is 22.5 Å². The Morgan fingerprint density at radius 2 is 2.00 bits per heavy atom. The van der Waals surface area contributed by atoms with Gasteiger partial charge in [0, 0.05) is 42.8 Å². The van der Waals surface area contributed by atoms with Gasteiger partial charge in [0.05, 0.1) is 27.9 Å². The highest BCUT2D eigenvalue weighted by atomic mass is 32.3. The van der Waals surface area contributed by atoms with Crippen LogP contribution in [-0.2, 0) is 16.6 Å². The summed E-state index contributed by atoms with van der Waals surface area (Å²) in [6, 6.07) is 12.5. The van der Waals surface area contributed by atoms with E-state index in [2.05, 4.69) is 24.8 Å². The molecule has 0 aliphatic rings. The van der Waals surface area contributed by atoms with Gasteiger partial charge < -0.3 is 4.74 Å². The molecule has 0 fully saturated rings. The van der Waals surface area contributed by atoms with E-state index in [4.69, 9.17) is 4.74 Å². The van der Waals surface area contributed by atoms with Crippen molar-refractivity contribution in [3.8, 4) is 40.1 Å². The number of rotatable bonds is 7. The molecule has 38 heavy (non-hydrogen) atoms. The van der Waals surface area contributed by atoms with Crippen molar-refractivity contribution in [3.63, 3.8) is 0 Å². The molecule has 5 aromatic rings. The molecule has 0 amide bonds. The molecule has 1 aromatic carbocycles. The highest BCUT2D eigenvalue weighted by molar-refractivity contribution is 8.15. The molecule has 0 aliphatic heterocycles. The summed E-state index contributed by atoms with van der Waals surface area (Å²) in [4.78, 5) is 12.3. The number of ether oxygens (including phenoxy) is 1. The van der Waals surface area contributed by atoms with Crippen molar-refractivity contribution in [3.05, 3.63) is 84.1 Å². The van der Waals surface area contributed by atoms with Gasteiger partial charge in [0.1, 0.15) is 17.5 Å². The van der Waals surface area contributed by atoms with Crippen LogP contribution in [0.5, 0.6) is 11.5 Å². The van der Waals surface area contributed by atoms with Crippen LogP contribution in [0.2, 0.25) is 0 Å². The van der Waals surface area contributed by atoms with Crippen LogP contribution in [-0.4, -0.2) is 39.7 Å². The molecule has 0 saturated carbocycles. The number of anilines is 1. The van der Waals surface area contributed by atoms with E-state index in [0.29, 0.717) is 17.0 Å². The number of pyridine rings is 2. The van der Waals surface area contributed by atoms with Gasteiger partial charge in [-0.1, -0.05) is 0 Å². The molecule has 4 heterocycles. The summed E-state index contributed by atoms with van der Waals surface area (Å²) in [5, 5.41) is 16.0. The Labute approximate surface area is 220 Å². The monoisotopic (exact) mass is 549 g/mol.